The molecule has 2 rings (SSSR count). The number of pyridine rings is 1. The van der Waals surface area contributed by atoms with E-state index in [0.717, 1.165) is 6.54 Å². The number of nitrogens with zero attached hydrogens (tertiary/aromatic N) is 2. The smallest absolute Gasteiger partial charge is 0.0573 e. The second-order valence-electron chi connectivity index (χ2n) is 5.12. The van der Waals surface area contributed by atoms with Crippen LogP contribution in [-0.2, 0) is 6.54 Å². The molecule has 2 heteroatoms. The van der Waals surface area contributed by atoms with E-state index >= 15 is 0 Å². The minimum absolute atomic E-state index is 0.600. The third kappa shape index (κ3) is 2.12. The second-order valence-corrected chi connectivity index (χ2v) is 5.12. The Balaban J connectivity index is 1.93. The number of likely N-dealkylation sites (tertiary alicyclic amines) is 1. The molecule has 0 radical (unpaired) electrons. The van der Waals surface area contributed by atoms with Crippen molar-refractivity contribution in [1.82, 2.24) is 9.88 Å². The maximum Gasteiger partial charge on any atom is 0.0573 e. The van der Waals surface area contributed by atoms with E-state index in [2.05, 4.69) is 36.7 Å². The molecule has 0 N–H and O–H groups in total. The second kappa shape index (κ2) is 4.54. The van der Waals surface area contributed by atoms with Crippen LogP contribution in [0.5, 0.6) is 0 Å². The molecule has 1 aromatic rings. The number of rotatable bonds is 4. The molecule has 2 nitrogen and oxygen atoms in total. The van der Waals surface area contributed by atoms with Crippen molar-refractivity contribution < 1.29 is 0 Å². The maximum absolute atomic E-state index is 4.46. The largest absolute Gasteiger partial charge is 0.296 e. The molecule has 0 unspecified atom stereocenters. The van der Waals surface area contributed by atoms with Gasteiger partial charge in [0.1, 0.15) is 0 Å². The topological polar surface area (TPSA) is 16.1 Å². The fourth-order valence-corrected chi connectivity index (χ4v) is 2.61. The normalized spacial score (nSPS) is 19.4. The summed E-state index contributed by atoms with van der Waals surface area (Å²) in [5.41, 5.74) is 3.15. The summed E-state index contributed by atoms with van der Waals surface area (Å²) < 4.78 is 0. The first-order valence-electron chi connectivity index (χ1n) is 6.32. The van der Waals surface area contributed by atoms with Gasteiger partial charge in [-0.15, -0.1) is 0 Å². The van der Waals surface area contributed by atoms with E-state index in [0.29, 0.717) is 5.41 Å². The monoisotopic (exact) mass is 218 g/mol. The van der Waals surface area contributed by atoms with E-state index in [4.69, 9.17) is 0 Å². The van der Waals surface area contributed by atoms with Crippen LogP contribution in [0.4, 0.5) is 0 Å². The molecule has 1 aromatic heterocycles. The SMILES string of the molecule is CCC1(CC)CN(Cc2ncccc2C)C1. The highest BCUT2D eigenvalue weighted by Gasteiger charge is 2.39. The molecule has 2 heterocycles. The molecule has 0 atom stereocenters. The quantitative estimate of drug-likeness (QED) is 0.772. The maximum atomic E-state index is 4.46. The van der Waals surface area contributed by atoms with Crippen LogP contribution in [0.15, 0.2) is 18.3 Å². The van der Waals surface area contributed by atoms with Crippen molar-refractivity contribution in [3.8, 4) is 0 Å². The lowest BCUT2D eigenvalue weighted by Crippen LogP contribution is -2.55. The van der Waals surface area contributed by atoms with E-state index in [1.807, 2.05) is 12.3 Å². The third-order valence-electron chi connectivity index (χ3n) is 4.11. The van der Waals surface area contributed by atoms with Gasteiger partial charge in [-0.1, -0.05) is 19.9 Å². The van der Waals surface area contributed by atoms with Gasteiger partial charge in [-0.3, -0.25) is 9.88 Å². The summed E-state index contributed by atoms with van der Waals surface area (Å²) in [6.45, 7) is 10.3. The van der Waals surface area contributed by atoms with Gasteiger partial charge in [0.05, 0.1) is 5.69 Å². The molecular formula is C14H22N2. The molecule has 1 saturated heterocycles. The predicted molar refractivity (Wildman–Crippen MR) is 67.3 cm³/mol. The fraction of sp³-hybridized carbons (Fsp3) is 0.643. The van der Waals surface area contributed by atoms with Crippen LogP contribution in [-0.4, -0.2) is 23.0 Å². The van der Waals surface area contributed by atoms with Crippen LogP contribution >= 0.6 is 0 Å². The molecule has 0 amide bonds. The lowest BCUT2D eigenvalue weighted by atomic mass is 9.75. The van der Waals surface area contributed by atoms with E-state index in [-0.39, 0.29) is 0 Å². The molecule has 1 aliphatic heterocycles. The standard InChI is InChI=1S/C14H22N2/c1-4-14(5-2)10-16(11-14)9-13-12(3)7-6-8-15-13/h6-8H,4-5,9-11H2,1-3H3. The summed E-state index contributed by atoms with van der Waals surface area (Å²) >= 11 is 0. The minimum atomic E-state index is 0.600. The summed E-state index contributed by atoms with van der Waals surface area (Å²) in [5, 5.41) is 0. The van der Waals surface area contributed by atoms with Crippen molar-refractivity contribution in [2.75, 3.05) is 13.1 Å². The summed E-state index contributed by atoms with van der Waals surface area (Å²) in [6.07, 6.45) is 4.51. The first-order valence-corrected chi connectivity index (χ1v) is 6.32. The fourth-order valence-electron chi connectivity index (χ4n) is 2.61. The Morgan fingerprint density at radius 3 is 2.56 bits per heavy atom. The average molecular weight is 218 g/mol. The van der Waals surface area contributed by atoms with E-state index in [9.17, 15) is 0 Å². The Kier molecular flexibility index (Phi) is 3.29. The van der Waals surface area contributed by atoms with Crippen LogP contribution in [0.3, 0.4) is 0 Å². The van der Waals surface area contributed by atoms with Crippen LogP contribution in [0.25, 0.3) is 0 Å². The Hall–Kier alpha value is -0.890. The van der Waals surface area contributed by atoms with Gasteiger partial charge in [0.15, 0.2) is 0 Å². The zero-order chi connectivity index (χ0) is 11.6. The van der Waals surface area contributed by atoms with Gasteiger partial charge < -0.3 is 0 Å². The van der Waals surface area contributed by atoms with Crippen molar-refractivity contribution in [3.05, 3.63) is 29.6 Å². The van der Waals surface area contributed by atoms with E-state index in [1.54, 1.807) is 0 Å². The summed E-state index contributed by atoms with van der Waals surface area (Å²) in [7, 11) is 0. The van der Waals surface area contributed by atoms with Gasteiger partial charge in [0, 0.05) is 25.8 Å². The molecule has 1 aliphatic rings. The van der Waals surface area contributed by atoms with Gasteiger partial charge >= 0.3 is 0 Å². The Morgan fingerprint density at radius 1 is 1.31 bits per heavy atom. The van der Waals surface area contributed by atoms with Gasteiger partial charge in [-0.25, -0.2) is 0 Å². The molecule has 16 heavy (non-hydrogen) atoms. The average Bonchev–Trinajstić information content (AvgIpc) is 2.25. The molecular weight excluding hydrogens is 196 g/mol. The molecule has 0 aromatic carbocycles. The zero-order valence-corrected chi connectivity index (χ0v) is 10.7. The number of hydrogen-bond donors (Lipinski definition) is 0. The van der Waals surface area contributed by atoms with Crippen LogP contribution in [0.1, 0.15) is 37.9 Å². The van der Waals surface area contributed by atoms with Gasteiger partial charge in [0.2, 0.25) is 0 Å². The Bertz CT molecular complexity index is 348. The highest BCUT2D eigenvalue weighted by Crippen LogP contribution is 2.37. The third-order valence-corrected chi connectivity index (χ3v) is 4.11. The molecule has 0 bridgehead atoms. The van der Waals surface area contributed by atoms with Crippen LogP contribution < -0.4 is 0 Å². The first-order chi connectivity index (χ1) is 7.69. The van der Waals surface area contributed by atoms with Gasteiger partial charge in [-0.05, 0) is 36.8 Å². The van der Waals surface area contributed by atoms with E-state index in [1.165, 1.54) is 37.2 Å². The van der Waals surface area contributed by atoms with Crippen LogP contribution in [0.2, 0.25) is 0 Å². The van der Waals surface area contributed by atoms with Crippen molar-refractivity contribution in [1.29, 1.82) is 0 Å². The minimum Gasteiger partial charge on any atom is -0.296 e. The number of aryl methyl sites for hydroxylation is 1. The van der Waals surface area contributed by atoms with Gasteiger partial charge in [-0.2, -0.15) is 0 Å². The zero-order valence-electron chi connectivity index (χ0n) is 10.7. The lowest BCUT2D eigenvalue weighted by molar-refractivity contribution is -0.0129. The highest BCUT2D eigenvalue weighted by atomic mass is 15.2. The number of hydrogen-bond acceptors (Lipinski definition) is 2. The summed E-state index contributed by atoms with van der Waals surface area (Å²) in [6, 6.07) is 4.16. The number of aromatic nitrogens is 1. The molecule has 88 valence electrons. The Labute approximate surface area is 98.7 Å². The molecule has 0 saturated carbocycles. The molecule has 1 fully saturated rings. The van der Waals surface area contributed by atoms with Crippen molar-refractivity contribution >= 4 is 0 Å². The first kappa shape index (κ1) is 11.6. The Morgan fingerprint density at radius 2 is 2.00 bits per heavy atom. The molecule has 0 spiro atoms. The lowest BCUT2D eigenvalue weighted by Gasteiger charge is -2.50. The van der Waals surface area contributed by atoms with Crippen molar-refractivity contribution in [2.24, 2.45) is 5.41 Å². The van der Waals surface area contributed by atoms with Gasteiger partial charge in [0.25, 0.3) is 0 Å². The predicted octanol–water partition coefficient (Wildman–Crippen LogP) is 3.01. The molecule has 0 aliphatic carbocycles. The van der Waals surface area contributed by atoms with Crippen molar-refractivity contribution in [3.63, 3.8) is 0 Å². The van der Waals surface area contributed by atoms with E-state index < -0.39 is 0 Å². The summed E-state index contributed by atoms with van der Waals surface area (Å²) in [5.74, 6) is 0. The summed E-state index contributed by atoms with van der Waals surface area (Å²) in [4.78, 5) is 6.97. The van der Waals surface area contributed by atoms with Crippen LogP contribution in [0, 0.1) is 12.3 Å². The van der Waals surface area contributed by atoms with Crippen molar-refractivity contribution in [2.45, 2.75) is 40.2 Å². The highest BCUT2D eigenvalue weighted by molar-refractivity contribution is 5.18.